The normalized spacial score (nSPS) is 13.3. The van der Waals surface area contributed by atoms with Crippen LogP contribution in [0.3, 0.4) is 0 Å². The quantitative estimate of drug-likeness (QED) is 0.122. The lowest BCUT2D eigenvalue weighted by Crippen LogP contribution is -1.96. The van der Waals surface area contributed by atoms with E-state index in [4.69, 9.17) is 9.31 Å². The predicted octanol–water partition coefficient (Wildman–Crippen LogP) is 15.7. The standard InChI is InChI=1S/C57H35N3/c1-58-43-28-22-37(23-29-43)38-24-30-44(31-25-38)59-52-20-10-9-18-49(52)50-34-40(26-32-53(50)59)41-27-33-54-51(35-41)57-46(39-12-3-2-4-13-39)19-11-21-55(57)60(54)56-36-42-14-5-6-15-45(42)47-16-7-8-17-48(47)56/h2-36H/i9D,10D,18D,20D,26D,32D,34D. The summed E-state index contributed by atoms with van der Waals surface area (Å²) in [6, 6.07) is 54.2. The summed E-state index contributed by atoms with van der Waals surface area (Å²) in [6.07, 6.45) is 0. The second kappa shape index (κ2) is 13.5. The first kappa shape index (κ1) is 27.4. The van der Waals surface area contributed by atoms with Crippen molar-refractivity contribution in [2.24, 2.45) is 0 Å². The molecule has 0 radical (unpaired) electrons. The van der Waals surface area contributed by atoms with Crippen LogP contribution in [0, 0.1) is 6.57 Å². The molecule has 0 spiro atoms. The first-order valence-electron chi connectivity index (χ1n) is 23.3. The van der Waals surface area contributed by atoms with Crippen molar-refractivity contribution in [3.05, 3.63) is 224 Å². The first-order valence-corrected chi connectivity index (χ1v) is 19.8. The van der Waals surface area contributed by atoms with E-state index >= 15 is 0 Å². The molecule has 10 aromatic carbocycles. The third kappa shape index (κ3) is 5.22. The van der Waals surface area contributed by atoms with Crippen LogP contribution in [0.15, 0.2) is 212 Å². The number of aromatic nitrogens is 2. The van der Waals surface area contributed by atoms with E-state index in [0.29, 0.717) is 16.9 Å². The Morgan fingerprint density at radius 1 is 0.417 bits per heavy atom. The van der Waals surface area contributed by atoms with Crippen molar-refractivity contribution in [1.29, 1.82) is 0 Å². The number of para-hydroxylation sites is 1. The van der Waals surface area contributed by atoms with Gasteiger partial charge in [0.15, 0.2) is 5.69 Å². The average Bonchev–Trinajstić information content (AvgIpc) is 3.91. The molecule has 0 saturated heterocycles. The highest BCUT2D eigenvalue weighted by molar-refractivity contribution is 6.19. The topological polar surface area (TPSA) is 14.2 Å². The Labute approximate surface area is 356 Å². The van der Waals surface area contributed by atoms with Crippen LogP contribution in [0.1, 0.15) is 9.60 Å². The minimum absolute atomic E-state index is 0.104. The molecule has 2 heterocycles. The summed E-state index contributed by atoms with van der Waals surface area (Å²) in [5.41, 5.74) is 8.76. The number of benzene rings is 10. The molecule has 278 valence electrons. The van der Waals surface area contributed by atoms with Gasteiger partial charge < -0.3 is 9.13 Å². The Balaban J connectivity index is 1.14. The lowest BCUT2D eigenvalue weighted by molar-refractivity contribution is 1.18. The third-order valence-corrected chi connectivity index (χ3v) is 11.8. The van der Waals surface area contributed by atoms with Gasteiger partial charge in [-0.1, -0.05) is 158 Å². The lowest BCUT2D eigenvalue weighted by Gasteiger charge is -2.14. The molecule has 12 rings (SSSR count). The maximum absolute atomic E-state index is 10.0. The minimum atomic E-state index is -0.443. The van der Waals surface area contributed by atoms with Gasteiger partial charge >= 0.3 is 0 Å². The van der Waals surface area contributed by atoms with Gasteiger partial charge in [-0.25, -0.2) is 4.85 Å². The van der Waals surface area contributed by atoms with Crippen molar-refractivity contribution < 1.29 is 9.60 Å². The highest BCUT2D eigenvalue weighted by Crippen LogP contribution is 2.43. The van der Waals surface area contributed by atoms with Crippen LogP contribution < -0.4 is 0 Å². The fourth-order valence-corrected chi connectivity index (χ4v) is 9.01. The molecule has 0 saturated carbocycles. The lowest BCUT2D eigenvalue weighted by atomic mass is 9.97. The summed E-state index contributed by atoms with van der Waals surface area (Å²) in [7, 11) is 0. The molecular weight excluding hydrogens is 727 g/mol. The number of rotatable bonds is 5. The van der Waals surface area contributed by atoms with E-state index in [-0.39, 0.29) is 57.6 Å². The summed E-state index contributed by atoms with van der Waals surface area (Å²) in [6.45, 7) is 7.33. The largest absolute Gasteiger partial charge is 0.309 e. The predicted molar refractivity (Wildman–Crippen MR) is 253 cm³/mol. The molecule has 3 heteroatoms. The van der Waals surface area contributed by atoms with Gasteiger partial charge in [-0.3, -0.25) is 0 Å². The van der Waals surface area contributed by atoms with Gasteiger partial charge in [0, 0.05) is 32.6 Å². The van der Waals surface area contributed by atoms with Gasteiger partial charge in [-0.15, -0.1) is 0 Å². The van der Waals surface area contributed by atoms with Crippen LogP contribution in [-0.2, 0) is 0 Å². The summed E-state index contributed by atoms with van der Waals surface area (Å²) in [5, 5.41) is 6.67. The summed E-state index contributed by atoms with van der Waals surface area (Å²) in [4.78, 5) is 3.49. The van der Waals surface area contributed by atoms with Gasteiger partial charge in [-0.05, 0) is 104 Å². The number of hydrogen-bond acceptors (Lipinski definition) is 0. The van der Waals surface area contributed by atoms with E-state index in [0.717, 1.165) is 71.3 Å². The average molecular weight is 769 g/mol. The zero-order valence-electron chi connectivity index (χ0n) is 39.0. The van der Waals surface area contributed by atoms with E-state index < -0.39 is 12.1 Å². The van der Waals surface area contributed by atoms with Gasteiger partial charge in [0.2, 0.25) is 0 Å². The fourth-order valence-electron chi connectivity index (χ4n) is 9.01. The fraction of sp³-hybridized carbons (Fsp3) is 0. The second-order valence-corrected chi connectivity index (χ2v) is 15.0. The van der Waals surface area contributed by atoms with Crippen molar-refractivity contribution in [2.45, 2.75) is 0 Å². The molecule has 2 aromatic heterocycles. The van der Waals surface area contributed by atoms with E-state index in [1.165, 1.54) is 0 Å². The van der Waals surface area contributed by atoms with Crippen molar-refractivity contribution in [3.8, 4) is 44.8 Å². The smallest absolute Gasteiger partial charge is 0.187 e. The van der Waals surface area contributed by atoms with Gasteiger partial charge in [0.1, 0.15) is 0 Å². The Bertz CT molecular complexity index is 4110. The molecule has 3 nitrogen and oxygen atoms in total. The Morgan fingerprint density at radius 3 is 1.93 bits per heavy atom. The van der Waals surface area contributed by atoms with Gasteiger partial charge in [0.05, 0.1) is 43.9 Å². The van der Waals surface area contributed by atoms with Gasteiger partial charge in [0.25, 0.3) is 0 Å². The molecule has 0 atom stereocenters. The van der Waals surface area contributed by atoms with E-state index in [1.54, 1.807) is 16.7 Å². The van der Waals surface area contributed by atoms with Crippen LogP contribution in [0.2, 0.25) is 0 Å². The molecule has 0 aliphatic heterocycles. The zero-order valence-corrected chi connectivity index (χ0v) is 32.0. The molecule has 0 amide bonds. The Hall–Kier alpha value is -8.19. The maximum Gasteiger partial charge on any atom is 0.187 e. The zero-order chi connectivity index (χ0) is 45.8. The van der Waals surface area contributed by atoms with Crippen molar-refractivity contribution in [2.75, 3.05) is 0 Å². The summed E-state index contributed by atoms with van der Waals surface area (Å²) in [5.74, 6) is 0. The minimum Gasteiger partial charge on any atom is -0.309 e. The molecule has 0 aliphatic rings. The van der Waals surface area contributed by atoms with E-state index in [2.05, 4.69) is 94.3 Å². The monoisotopic (exact) mass is 768 g/mol. The molecular formula is C57H35N3. The third-order valence-electron chi connectivity index (χ3n) is 11.8. The van der Waals surface area contributed by atoms with Crippen molar-refractivity contribution in [1.82, 2.24) is 9.13 Å². The molecule has 0 fully saturated rings. The van der Waals surface area contributed by atoms with Crippen LogP contribution in [-0.4, -0.2) is 9.13 Å². The first-order chi connectivity index (χ1) is 32.6. The summed E-state index contributed by atoms with van der Waals surface area (Å²) < 4.78 is 69.2. The van der Waals surface area contributed by atoms with Crippen LogP contribution in [0.4, 0.5) is 5.69 Å². The highest BCUT2D eigenvalue weighted by Gasteiger charge is 2.20. The van der Waals surface area contributed by atoms with E-state index in [1.807, 2.05) is 72.8 Å². The van der Waals surface area contributed by atoms with Crippen LogP contribution in [0.5, 0.6) is 0 Å². The van der Waals surface area contributed by atoms with Crippen LogP contribution >= 0.6 is 0 Å². The number of fused-ring (bicyclic) bond motifs is 9. The van der Waals surface area contributed by atoms with Crippen molar-refractivity contribution in [3.63, 3.8) is 0 Å². The molecule has 0 aliphatic carbocycles. The molecule has 12 aromatic rings. The van der Waals surface area contributed by atoms with E-state index in [9.17, 15) is 6.85 Å². The Morgan fingerprint density at radius 2 is 1.12 bits per heavy atom. The number of hydrogen-bond donors (Lipinski definition) is 0. The van der Waals surface area contributed by atoms with Crippen molar-refractivity contribution >= 4 is 70.8 Å². The molecule has 0 N–H and O–H groups in total. The maximum atomic E-state index is 10.0. The molecule has 0 unspecified atom stereocenters. The number of nitrogens with zero attached hydrogens (tertiary/aromatic N) is 3. The van der Waals surface area contributed by atoms with Crippen LogP contribution in [0.25, 0.3) is 115 Å². The van der Waals surface area contributed by atoms with Gasteiger partial charge in [-0.2, -0.15) is 0 Å². The highest BCUT2D eigenvalue weighted by atomic mass is 15.0. The SMILES string of the molecule is [2H]c1c([2H])c([2H])c2c(c1[2H])c1c([2H])c(-c3ccc4c(c3)c3c(-c5ccccc5)cccc3n4-c3cc4ccccc4c4ccccc34)c([2H])c([2H])c1n2-c1ccc(-c2ccc([N+]#[C-])cc2)cc1. The summed E-state index contributed by atoms with van der Waals surface area (Å²) >= 11 is 0. The second-order valence-electron chi connectivity index (χ2n) is 15.0. The Kier molecular flexibility index (Phi) is 6.15. The molecule has 60 heavy (non-hydrogen) atoms. The molecule has 0 bridgehead atoms.